The van der Waals surface area contributed by atoms with Crippen LogP contribution >= 0.6 is 0 Å². The van der Waals surface area contributed by atoms with Crippen LogP contribution in [0.1, 0.15) is 26.7 Å². The van der Waals surface area contributed by atoms with Crippen molar-refractivity contribution in [3.8, 4) is 0 Å². The van der Waals surface area contributed by atoms with Gasteiger partial charge < -0.3 is 0 Å². The van der Waals surface area contributed by atoms with Gasteiger partial charge in [-0.05, 0) is 13.3 Å². The molecular formula is C8H19N3. The summed E-state index contributed by atoms with van der Waals surface area (Å²) in [7, 11) is 2.08. The van der Waals surface area contributed by atoms with Crippen molar-refractivity contribution >= 4 is 0 Å². The van der Waals surface area contributed by atoms with Crippen molar-refractivity contribution in [3.63, 3.8) is 0 Å². The van der Waals surface area contributed by atoms with Crippen molar-refractivity contribution in [1.29, 1.82) is 0 Å². The van der Waals surface area contributed by atoms with E-state index in [9.17, 15) is 0 Å². The molecule has 66 valence electrons. The normalized spacial score (nSPS) is 28.1. The van der Waals surface area contributed by atoms with E-state index in [-0.39, 0.29) is 0 Å². The first-order valence-corrected chi connectivity index (χ1v) is 4.48. The van der Waals surface area contributed by atoms with Gasteiger partial charge in [0.05, 0.1) is 0 Å². The van der Waals surface area contributed by atoms with E-state index in [0.29, 0.717) is 6.04 Å². The van der Waals surface area contributed by atoms with Crippen molar-refractivity contribution < 1.29 is 0 Å². The molecule has 1 N–H and O–H groups in total. The average Bonchev–Trinajstić information content (AvgIpc) is 2.26. The zero-order chi connectivity index (χ0) is 8.27. The maximum atomic E-state index is 3.33. The van der Waals surface area contributed by atoms with Gasteiger partial charge in [0.25, 0.3) is 0 Å². The van der Waals surface area contributed by atoms with E-state index in [1.807, 2.05) is 0 Å². The molecule has 3 nitrogen and oxygen atoms in total. The summed E-state index contributed by atoms with van der Waals surface area (Å²) in [6.07, 6.45) is 2.57. The number of hydrogen-bond donors (Lipinski definition) is 1. The lowest BCUT2D eigenvalue weighted by molar-refractivity contribution is 0.0160. The fourth-order valence-electron chi connectivity index (χ4n) is 1.46. The molecule has 0 amide bonds. The Morgan fingerprint density at radius 3 is 2.73 bits per heavy atom. The highest BCUT2D eigenvalue weighted by atomic mass is 15.8. The van der Waals surface area contributed by atoms with Gasteiger partial charge in [0.2, 0.25) is 0 Å². The highest BCUT2D eigenvalue weighted by Crippen LogP contribution is 2.05. The summed E-state index contributed by atoms with van der Waals surface area (Å²) in [6, 6.07) is 0.608. The Morgan fingerprint density at radius 2 is 2.27 bits per heavy atom. The lowest BCUT2D eigenvalue weighted by Crippen LogP contribution is -2.39. The Kier molecular flexibility index (Phi) is 3.30. The second kappa shape index (κ2) is 4.04. The van der Waals surface area contributed by atoms with Gasteiger partial charge >= 0.3 is 0 Å². The maximum absolute atomic E-state index is 3.33. The fraction of sp³-hybridized carbons (Fsp3) is 1.00. The summed E-state index contributed by atoms with van der Waals surface area (Å²) in [4.78, 5) is 0. The van der Waals surface area contributed by atoms with Crippen molar-refractivity contribution in [2.75, 3.05) is 20.1 Å². The SMILES string of the molecule is CCCCN1CC(C)NN1C. The summed E-state index contributed by atoms with van der Waals surface area (Å²) in [6.45, 7) is 6.77. The van der Waals surface area contributed by atoms with Crippen molar-refractivity contribution in [2.45, 2.75) is 32.7 Å². The third-order valence-corrected chi connectivity index (χ3v) is 2.09. The van der Waals surface area contributed by atoms with E-state index in [1.165, 1.54) is 19.4 Å². The summed E-state index contributed by atoms with van der Waals surface area (Å²) >= 11 is 0. The molecule has 1 heterocycles. The number of hydrogen-bond acceptors (Lipinski definition) is 3. The van der Waals surface area contributed by atoms with Crippen LogP contribution in [-0.2, 0) is 0 Å². The summed E-state index contributed by atoms with van der Waals surface area (Å²) in [5.74, 6) is 0. The zero-order valence-corrected chi connectivity index (χ0v) is 7.80. The van der Waals surface area contributed by atoms with E-state index in [2.05, 4.69) is 36.4 Å². The Hall–Kier alpha value is -0.120. The van der Waals surface area contributed by atoms with Crippen LogP contribution in [-0.4, -0.2) is 36.3 Å². The van der Waals surface area contributed by atoms with E-state index in [1.54, 1.807) is 0 Å². The highest BCUT2D eigenvalue weighted by Gasteiger charge is 2.22. The number of unbranched alkanes of at least 4 members (excludes halogenated alkanes) is 1. The van der Waals surface area contributed by atoms with Crippen LogP contribution in [0.25, 0.3) is 0 Å². The third-order valence-electron chi connectivity index (χ3n) is 2.09. The minimum absolute atomic E-state index is 0.608. The molecule has 0 aromatic rings. The molecule has 1 unspecified atom stereocenters. The predicted molar refractivity (Wildman–Crippen MR) is 46.8 cm³/mol. The molecule has 1 fully saturated rings. The molecule has 1 aliphatic rings. The first-order chi connectivity index (χ1) is 5.24. The van der Waals surface area contributed by atoms with Crippen LogP contribution < -0.4 is 5.43 Å². The molecule has 1 saturated heterocycles. The van der Waals surface area contributed by atoms with Crippen molar-refractivity contribution in [1.82, 2.24) is 15.6 Å². The van der Waals surface area contributed by atoms with Gasteiger partial charge in [0, 0.05) is 26.2 Å². The molecule has 0 spiro atoms. The highest BCUT2D eigenvalue weighted by molar-refractivity contribution is 4.69. The molecule has 0 radical (unpaired) electrons. The summed E-state index contributed by atoms with van der Waals surface area (Å²) in [5.41, 5.74) is 3.33. The van der Waals surface area contributed by atoms with Crippen LogP contribution in [0.2, 0.25) is 0 Å². The molecule has 0 bridgehead atoms. The Morgan fingerprint density at radius 1 is 1.55 bits per heavy atom. The van der Waals surface area contributed by atoms with Crippen molar-refractivity contribution in [3.05, 3.63) is 0 Å². The third kappa shape index (κ3) is 2.43. The van der Waals surface area contributed by atoms with E-state index < -0.39 is 0 Å². The van der Waals surface area contributed by atoms with Gasteiger partial charge in [-0.25, -0.2) is 10.4 Å². The summed E-state index contributed by atoms with van der Waals surface area (Å²) in [5, 5.41) is 4.47. The molecule has 1 aliphatic heterocycles. The molecule has 1 rings (SSSR count). The van der Waals surface area contributed by atoms with Gasteiger partial charge in [-0.2, -0.15) is 5.12 Å². The number of nitrogens with zero attached hydrogens (tertiary/aromatic N) is 2. The predicted octanol–water partition coefficient (Wildman–Crippen LogP) is 0.842. The molecular weight excluding hydrogens is 138 g/mol. The molecule has 11 heavy (non-hydrogen) atoms. The number of nitrogens with one attached hydrogen (secondary N) is 1. The van der Waals surface area contributed by atoms with Gasteiger partial charge in [-0.15, -0.1) is 0 Å². The minimum atomic E-state index is 0.608. The van der Waals surface area contributed by atoms with Crippen LogP contribution in [0.3, 0.4) is 0 Å². The molecule has 3 heteroatoms. The monoisotopic (exact) mass is 157 g/mol. The topological polar surface area (TPSA) is 18.5 Å². The Bertz CT molecular complexity index is 116. The van der Waals surface area contributed by atoms with Crippen LogP contribution in [0.4, 0.5) is 0 Å². The van der Waals surface area contributed by atoms with Gasteiger partial charge in [-0.1, -0.05) is 13.3 Å². The Labute approximate surface area is 69.3 Å². The lowest BCUT2D eigenvalue weighted by Gasteiger charge is -2.22. The van der Waals surface area contributed by atoms with E-state index >= 15 is 0 Å². The molecule has 0 saturated carbocycles. The van der Waals surface area contributed by atoms with Crippen LogP contribution in [0, 0.1) is 0 Å². The lowest BCUT2D eigenvalue weighted by atomic mass is 10.3. The first-order valence-electron chi connectivity index (χ1n) is 4.48. The quantitative estimate of drug-likeness (QED) is 0.655. The fourth-order valence-corrected chi connectivity index (χ4v) is 1.46. The number of hydrazine groups is 2. The smallest absolute Gasteiger partial charge is 0.0342 e. The first kappa shape index (κ1) is 8.97. The second-order valence-electron chi connectivity index (χ2n) is 3.32. The van der Waals surface area contributed by atoms with Crippen LogP contribution in [0.15, 0.2) is 0 Å². The molecule has 0 aliphatic carbocycles. The largest absolute Gasteiger partial charge is 0.237 e. The van der Waals surface area contributed by atoms with E-state index in [4.69, 9.17) is 0 Å². The van der Waals surface area contributed by atoms with E-state index in [0.717, 1.165) is 6.54 Å². The van der Waals surface area contributed by atoms with Gasteiger partial charge in [-0.3, -0.25) is 0 Å². The van der Waals surface area contributed by atoms with Crippen LogP contribution in [0.5, 0.6) is 0 Å². The zero-order valence-electron chi connectivity index (χ0n) is 7.80. The number of rotatable bonds is 3. The average molecular weight is 157 g/mol. The molecule has 0 aromatic heterocycles. The second-order valence-corrected chi connectivity index (χ2v) is 3.32. The van der Waals surface area contributed by atoms with Gasteiger partial charge in [0.1, 0.15) is 0 Å². The molecule has 0 aromatic carbocycles. The minimum Gasteiger partial charge on any atom is -0.237 e. The van der Waals surface area contributed by atoms with Gasteiger partial charge in [0.15, 0.2) is 0 Å². The summed E-state index contributed by atoms with van der Waals surface area (Å²) < 4.78 is 0. The Balaban J connectivity index is 2.23. The molecule has 1 atom stereocenters. The standard InChI is InChI=1S/C8H19N3/c1-4-5-6-11-7-8(2)9-10(11)3/h8-9H,4-7H2,1-3H3. The van der Waals surface area contributed by atoms with Crippen molar-refractivity contribution in [2.24, 2.45) is 0 Å². The maximum Gasteiger partial charge on any atom is 0.0342 e.